The summed E-state index contributed by atoms with van der Waals surface area (Å²) in [6.07, 6.45) is 4.23. The van der Waals surface area contributed by atoms with E-state index >= 15 is 0 Å². The molecule has 1 aliphatic carbocycles. The van der Waals surface area contributed by atoms with Crippen molar-refractivity contribution in [1.82, 2.24) is 15.2 Å². The van der Waals surface area contributed by atoms with Crippen molar-refractivity contribution in [3.8, 4) is 0 Å². The van der Waals surface area contributed by atoms with Gasteiger partial charge in [0.25, 0.3) is 0 Å². The largest absolute Gasteiger partial charge is 0.352 e. The Morgan fingerprint density at radius 2 is 2.38 bits per heavy atom. The smallest absolute Gasteiger partial charge is 0.240 e. The van der Waals surface area contributed by atoms with Gasteiger partial charge in [0.2, 0.25) is 5.91 Å². The molecule has 1 atom stereocenters. The molecule has 0 radical (unpaired) electrons. The minimum Gasteiger partial charge on any atom is -0.352 e. The molecule has 1 aliphatic rings. The quantitative estimate of drug-likeness (QED) is 0.780. The molecule has 1 heterocycles. The molecule has 0 bridgehead atoms. The number of nitrogens with one attached hydrogen (secondary N) is 2. The van der Waals surface area contributed by atoms with Crippen molar-refractivity contribution < 1.29 is 4.79 Å². The van der Waals surface area contributed by atoms with Crippen LogP contribution in [0.1, 0.15) is 31.5 Å². The highest BCUT2D eigenvalue weighted by Gasteiger charge is 2.23. The van der Waals surface area contributed by atoms with Crippen LogP contribution in [0.15, 0.2) is 18.3 Å². The minimum atomic E-state index is 0.114. The van der Waals surface area contributed by atoms with Crippen molar-refractivity contribution in [2.75, 3.05) is 7.05 Å². The molecule has 0 aromatic carbocycles. The molecule has 4 heteroatoms. The first-order chi connectivity index (χ1) is 7.70. The number of hydrogen-bond donors (Lipinski definition) is 2. The van der Waals surface area contributed by atoms with Gasteiger partial charge in [-0.1, -0.05) is 0 Å². The zero-order chi connectivity index (χ0) is 11.5. The van der Waals surface area contributed by atoms with Crippen molar-refractivity contribution in [3.05, 3.63) is 24.0 Å². The molecule has 1 amide bonds. The fourth-order valence-corrected chi connectivity index (χ4v) is 1.77. The maximum Gasteiger partial charge on any atom is 0.240 e. The zero-order valence-electron chi connectivity index (χ0n) is 9.86. The van der Waals surface area contributed by atoms with Gasteiger partial charge in [-0.25, -0.2) is 0 Å². The third-order valence-corrected chi connectivity index (χ3v) is 3.00. The molecular formula is C12H19N3O. The average molecular weight is 221 g/mol. The van der Waals surface area contributed by atoms with E-state index in [1.807, 2.05) is 29.9 Å². The standard InChI is InChI=1S/C12H19N3O/c1-9(13-2)11-4-3-7-15(11)8-12(16)14-10-5-6-10/h3-4,7,9-10,13H,5-6,8H2,1-2H3,(H,14,16). The van der Waals surface area contributed by atoms with Gasteiger partial charge < -0.3 is 15.2 Å². The molecule has 1 fully saturated rings. The van der Waals surface area contributed by atoms with E-state index in [2.05, 4.69) is 17.6 Å². The van der Waals surface area contributed by atoms with Crippen LogP contribution in [-0.4, -0.2) is 23.6 Å². The summed E-state index contributed by atoms with van der Waals surface area (Å²) in [5.41, 5.74) is 1.15. The van der Waals surface area contributed by atoms with Gasteiger partial charge in [-0.05, 0) is 38.9 Å². The SMILES string of the molecule is CNC(C)c1cccn1CC(=O)NC1CC1. The Hall–Kier alpha value is -1.29. The summed E-state index contributed by atoms with van der Waals surface area (Å²) >= 11 is 0. The van der Waals surface area contributed by atoms with Crippen LogP contribution in [0, 0.1) is 0 Å². The molecular weight excluding hydrogens is 202 g/mol. The van der Waals surface area contributed by atoms with Crippen LogP contribution in [0.25, 0.3) is 0 Å². The lowest BCUT2D eigenvalue weighted by Crippen LogP contribution is -2.30. The van der Waals surface area contributed by atoms with E-state index in [0.717, 1.165) is 18.5 Å². The van der Waals surface area contributed by atoms with Gasteiger partial charge in [-0.2, -0.15) is 0 Å². The molecule has 2 N–H and O–H groups in total. The fourth-order valence-electron chi connectivity index (χ4n) is 1.77. The normalized spacial score (nSPS) is 17.1. The Morgan fingerprint density at radius 3 is 3.00 bits per heavy atom. The summed E-state index contributed by atoms with van der Waals surface area (Å²) in [6, 6.07) is 4.73. The van der Waals surface area contributed by atoms with Crippen molar-refractivity contribution >= 4 is 5.91 Å². The Balaban J connectivity index is 1.97. The van der Waals surface area contributed by atoms with E-state index in [4.69, 9.17) is 0 Å². The summed E-state index contributed by atoms with van der Waals surface area (Å²) in [6.45, 7) is 2.51. The first-order valence-corrected chi connectivity index (χ1v) is 5.82. The van der Waals surface area contributed by atoms with Crippen molar-refractivity contribution in [3.63, 3.8) is 0 Å². The van der Waals surface area contributed by atoms with Crippen molar-refractivity contribution in [2.45, 2.75) is 38.4 Å². The first-order valence-electron chi connectivity index (χ1n) is 5.82. The Labute approximate surface area is 96.0 Å². The molecule has 1 aromatic heterocycles. The van der Waals surface area contributed by atoms with Gasteiger partial charge in [0.05, 0.1) is 0 Å². The summed E-state index contributed by atoms with van der Waals surface area (Å²) in [5, 5.41) is 6.18. The van der Waals surface area contributed by atoms with E-state index in [1.165, 1.54) is 0 Å². The number of rotatable bonds is 5. The number of nitrogens with zero attached hydrogens (tertiary/aromatic N) is 1. The second-order valence-corrected chi connectivity index (χ2v) is 4.41. The first kappa shape index (κ1) is 11.2. The summed E-state index contributed by atoms with van der Waals surface area (Å²) in [5.74, 6) is 0.114. The second kappa shape index (κ2) is 4.70. The van der Waals surface area contributed by atoms with Crippen LogP contribution >= 0.6 is 0 Å². The summed E-state index contributed by atoms with van der Waals surface area (Å²) < 4.78 is 2.00. The second-order valence-electron chi connectivity index (χ2n) is 4.41. The predicted molar refractivity (Wildman–Crippen MR) is 63.1 cm³/mol. The lowest BCUT2D eigenvalue weighted by atomic mass is 10.2. The molecule has 88 valence electrons. The fraction of sp³-hybridized carbons (Fsp3) is 0.583. The van der Waals surface area contributed by atoms with Crippen LogP contribution in [0.4, 0.5) is 0 Å². The van der Waals surface area contributed by atoms with Crippen molar-refractivity contribution in [2.24, 2.45) is 0 Å². The van der Waals surface area contributed by atoms with E-state index in [1.54, 1.807) is 0 Å². The van der Waals surface area contributed by atoms with Gasteiger partial charge in [-0.15, -0.1) is 0 Å². The lowest BCUT2D eigenvalue weighted by molar-refractivity contribution is -0.121. The number of hydrogen-bond acceptors (Lipinski definition) is 2. The highest BCUT2D eigenvalue weighted by molar-refractivity contribution is 5.76. The zero-order valence-corrected chi connectivity index (χ0v) is 9.86. The Kier molecular flexibility index (Phi) is 3.29. The third kappa shape index (κ3) is 2.64. The molecule has 1 unspecified atom stereocenters. The Bertz CT molecular complexity index is 368. The highest BCUT2D eigenvalue weighted by Crippen LogP contribution is 2.19. The van der Waals surface area contributed by atoms with Crippen LogP contribution in [0.5, 0.6) is 0 Å². The van der Waals surface area contributed by atoms with Crippen LogP contribution in [0.2, 0.25) is 0 Å². The number of carbonyl (C=O) groups excluding carboxylic acids is 1. The number of aromatic nitrogens is 1. The summed E-state index contributed by atoms with van der Waals surface area (Å²) in [4.78, 5) is 11.7. The molecule has 0 spiro atoms. The molecule has 0 aliphatic heterocycles. The van der Waals surface area contributed by atoms with E-state index < -0.39 is 0 Å². The van der Waals surface area contributed by atoms with Crippen LogP contribution in [0.3, 0.4) is 0 Å². The average Bonchev–Trinajstić information content (AvgIpc) is 2.94. The van der Waals surface area contributed by atoms with Gasteiger partial charge in [0.15, 0.2) is 0 Å². The molecule has 4 nitrogen and oxygen atoms in total. The van der Waals surface area contributed by atoms with E-state index in [0.29, 0.717) is 12.6 Å². The molecule has 1 saturated carbocycles. The maximum atomic E-state index is 11.7. The molecule has 1 aromatic rings. The highest BCUT2D eigenvalue weighted by atomic mass is 16.2. The van der Waals surface area contributed by atoms with Crippen LogP contribution in [-0.2, 0) is 11.3 Å². The lowest BCUT2D eigenvalue weighted by Gasteiger charge is -2.14. The minimum absolute atomic E-state index is 0.114. The predicted octanol–water partition coefficient (Wildman–Crippen LogP) is 1.05. The Morgan fingerprint density at radius 1 is 1.62 bits per heavy atom. The molecule has 0 saturated heterocycles. The maximum absolute atomic E-state index is 11.7. The number of carbonyl (C=O) groups is 1. The van der Waals surface area contributed by atoms with E-state index in [-0.39, 0.29) is 11.9 Å². The summed E-state index contributed by atoms with van der Waals surface area (Å²) in [7, 11) is 1.92. The van der Waals surface area contributed by atoms with Gasteiger partial charge >= 0.3 is 0 Å². The topological polar surface area (TPSA) is 46.1 Å². The monoisotopic (exact) mass is 221 g/mol. The van der Waals surface area contributed by atoms with Gasteiger partial charge in [-0.3, -0.25) is 4.79 Å². The van der Waals surface area contributed by atoms with Crippen molar-refractivity contribution in [1.29, 1.82) is 0 Å². The molecule has 2 rings (SSSR count). The number of amides is 1. The third-order valence-electron chi connectivity index (χ3n) is 3.00. The molecule has 16 heavy (non-hydrogen) atoms. The van der Waals surface area contributed by atoms with Gasteiger partial charge in [0.1, 0.15) is 6.54 Å². The van der Waals surface area contributed by atoms with E-state index in [9.17, 15) is 4.79 Å². The van der Waals surface area contributed by atoms with Crippen LogP contribution < -0.4 is 10.6 Å². The van der Waals surface area contributed by atoms with Gasteiger partial charge in [0, 0.05) is 24.0 Å².